The molecule has 3 aromatic carbocycles. The van der Waals surface area contributed by atoms with Crippen molar-refractivity contribution in [1.82, 2.24) is 9.97 Å². The highest BCUT2D eigenvalue weighted by atomic mass is 32.1. The molecular formula is C39H37F3N4OS. The van der Waals surface area contributed by atoms with Crippen LogP contribution in [0, 0.1) is 11.8 Å². The van der Waals surface area contributed by atoms with Crippen molar-refractivity contribution in [1.29, 1.82) is 0 Å². The van der Waals surface area contributed by atoms with Crippen molar-refractivity contribution in [3.8, 4) is 11.1 Å². The third kappa shape index (κ3) is 6.61. The van der Waals surface area contributed by atoms with Crippen LogP contribution in [-0.2, 0) is 25.6 Å². The molecule has 0 spiro atoms. The first-order chi connectivity index (χ1) is 23.2. The van der Waals surface area contributed by atoms with E-state index in [1.165, 1.54) is 17.7 Å². The number of benzene rings is 3. The first-order valence-electron chi connectivity index (χ1n) is 16.5. The fourth-order valence-corrected chi connectivity index (χ4v) is 8.08. The summed E-state index contributed by atoms with van der Waals surface area (Å²) in [5.74, 6) is 1.62. The van der Waals surface area contributed by atoms with Crippen LogP contribution in [-0.4, -0.2) is 22.8 Å². The molecule has 0 radical (unpaired) electrons. The number of aldehydes is 1. The van der Waals surface area contributed by atoms with Gasteiger partial charge in [0.15, 0.2) is 11.4 Å². The van der Waals surface area contributed by atoms with Crippen LogP contribution in [0.4, 0.5) is 24.1 Å². The van der Waals surface area contributed by atoms with Crippen LogP contribution in [0.2, 0.25) is 0 Å². The average Bonchev–Trinajstić information content (AvgIpc) is 3.50. The molecule has 1 N–H and O–H groups in total. The van der Waals surface area contributed by atoms with Gasteiger partial charge in [0.2, 0.25) is 0 Å². The Morgan fingerprint density at radius 3 is 2.56 bits per heavy atom. The molecule has 1 saturated carbocycles. The molecule has 2 aromatic heterocycles. The minimum Gasteiger partial charge on any atom is -0.352 e. The molecule has 1 fully saturated rings. The second-order valence-electron chi connectivity index (χ2n) is 13.1. The Hall–Kier alpha value is -4.50. The Morgan fingerprint density at radius 1 is 1.00 bits per heavy atom. The summed E-state index contributed by atoms with van der Waals surface area (Å²) in [6, 6.07) is 22.0. The molecule has 5 aromatic rings. The van der Waals surface area contributed by atoms with E-state index in [1.807, 2.05) is 36.4 Å². The molecule has 7 rings (SSSR count). The second-order valence-corrected chi connectivity index (χ2v) is 14.2. The van der Waals surface area contributed by atoms with Gasteiger partial charge in [-0.05, 0) is 90.1 Å². The molecule has 48 heavy (non-hydrogen) atoms. The Morgan fingerprint density at radius 2 is 1.79 bits per heavy atom. The Labute approximate surface area is 282 Å². The van der Waals surface area contributed by atoms with E-state index in [0.29, 0.717) is 49.0 Å². The number of carbonyl (C=O) groups excluding carboxylic acids is 1. The van der Waals surface area contributed by atoms with Crippen LogP contribution >= 0.6 is 11.3 Å². The third-order valence-corrected chi connectivity index (χ3v) is 10.8. The van der Waals surface area contributed by atoms with Gasteiger partial charge in [0.25, 0.3) is 0 Å². The van der Waals surface area contributed by atoms with Gasteiger partial charge in [0, 0.05) is 29.9 Å². The lowest BCUT2D eigenvalue weighted by Crippen LogP contribution is -2.32. The minimum absolute atomic E-state index is 0.00647. The lowest BCUT2D eigenvalue weighted by Gasteiger charge is -2.32. The van der Waals surface area contributed by atoms with Crippen LogP contribution in [0.15, 0.2) is 79.4 Å². The fourth-order valence-electron chi connectivity index (χ4n) is 7.19. The molecular weight excluding hydrogens is 630 g/mol. The van der Waals surface area contributed by atoms with Crippen molar-refractivity contribution in [2.24, 2.45) is 11.8 Å². The predicted molar refractivity (Wildman–Crippen MR) is 188 cm³/mol. The van der Waals surface area contributed by atoms with Gasteiger partial charge in [-0.3, -0.25) is 4.79 Å². The molecule has 0 bridgehead atoms. The topological polar surface area (TPSA) is 58.1 Å². The smallest absolute Gasteiger partial charge is 0.352 e. The van der Waals surface area contributed by atoms with Crippen LogP contribution in [0.1, 0.15) is 70.9 Å². The maximum Gasteiger partial charge on any atom is 0.417 e. The van der Waals surface area contributed by atoms with Crippen molar-refractivity contribution in [2.45, 2.75) is 58.2 Å². The lowest BCUT2D eigenvalue weighted by molar-refractivity contribution is -0.137. The highest BCUT2D eigenvalue weighted by Gasteiger charge is 2.35. The maximum absolute atomic E-state index is 14.5. The normalized spacial score (nSPS) is 18.0. The van der Waals surface area contributed by atoms with Gasteiger partial charge in [0.1, 0.15) is 11.5 Å². The van der Waals surface area contributed by atoms with Gasteiger partial charge >= 0.3 is 6.18 Å². The van der Waals surface area contributed by atoms with Gasteiger partial charge in [-0.25, -0.2) is 9.97 Å². The molecule has 1 aliphatic heterocycles. The van der Waals surface area contributed by atoms with Crippen molar-refractivity contribution < 1.29 is 18.0 Å². The summed E-state index contributed by atoms with van der Waals surface area (Å²) in [6.07, 6.45) is 1.70. The predicted octanol–water partition coefficient (Wildman–Crippen LogP) is 10.2. The number of aromatic nitrogens is 2. The Balaban J connectivity index is 1.14. The van der Waals surface area contributed by atoms with Gasteiger partial charge in [-0.1, -0.05) is 80.1 Å². The summed E-state index contributed by atoms with van der Waals surface area (Å²) in [5.41, 5.74) is 5.01. The molecule has 3 heterocycles. The molecule has 0 atom stereocenters. The number of fused-ring (bicyclic) bond motifs is 2. The van der Waals surface area contributed by atoms with Crippen molar-refractivity contribution in [2.75, 3.05) is 16.8 Å². The number of para-hydroxylation sites is 1. The zero-order chi connectivity index (χ0) is 33.4. The monoisotopic (exact) mass is 666 g/mol. The molecule has 2 aliphatic rings. The first kappa shape index (κ1) is 32.1. The van der Waals surface area contributed by atoms with Crippen LogP contribution in [0.25, 0.3) is 27.0 Å². The van der Waals surface area contributed by atoms with E-state index >= 15 is 0 Å². The number of hydrogen-bond donors (Lipinski definition) is 1. The number of carbonyl (C=O) groups is 1. The number of hydrogen-bond acceptors (Lipinski definition) is 6. The summed E-state index contributed by atoms with van der Waals surface area (Å²) in [6.45, 7) is 7.72. The number of thiazole rings is 1. The van der Waals surface area contributed by atoms with E-state index in [4.69, 9.17) is 0 Å². The van der Waals surface area contributed by atoms with Crippen LogP contribution in [0.3, 0.4) is 0 Å². The largest absolute Gasteiger partial charge is 0.417 e. The molecule has 9 heteroatoms. The van der Waals surface area contributed by atoms with E-state index in [-0.39, 0.29) is 16.8 Å². The highest BCUT2D eigenvalue weighted by molar-refractivity contribution is 7.22. The average molecular weight is 667 g/mol. The minimum atomic E-state index is -4.57. The number of nitrogens with one attached hydrogen (secondary N) is 1. The molecule has 0 amide bonds. The van der Waals surface area contributed by atoms with E-state index in [0.717, 1.165) is 64.3 Å². The van der Waals surface area contributed by atoms with Gasteiger partial charge in [-0.2, -0.15) is 13.2 Å². The molecule has 5 nitrogen and oxygen atoms in total. The van der Waals surface area contributed by atoms with Crippen molar-refractivity contribution in [3.63, 3.8) is 0 Å². The van der Waals surface area contributed by atoms with Crippen LogP contribution in [0.5, 0.6) is 0 Å². The van der Waals surface area contributed by atoms with Crippen molar-refractivity contribution >= 4 is 44.5 Å². The summed E-state index contributed by atoms with van der Waals surface area (Å²) >= 11 is 1.56. The highest BCUT2D eigenvalue weighted by Crippen LogP contribution is 2.41. The number of rotatable bonds is 8. The fraction of sp³-hybridized carbons (Fsp3) is 0.308. The SMILES string of the molecule is C=C(Nc1nc2ccccc2s1)c1cccc2c1CN(c1ccc(-c3ccc(CC4CCC(C)CC4)cc3C(F)(F)F)c(C=O)n1)CC2. The zero-order valence-electron chi connectivity index (χ0n) is 26.8. The van der Waals surface area contributed by atoms with E-state index in [2.05, 4.69) is 39.8 Å². The summed E-state index contributed by atoms with van der Waals surface area (Å²) in [7, 11) is 0. The first-order valence-corrected chi connectivity index (χ1v) is 17.3. The number of nitrogens with zero attached hydrogens (tertiary/aromatic N) is 3. The van der Waals surface area contributed by atoms with E-state index in [1.54, 1.807) is 29.5 Å². The van der Waals surface area contributed by atoms with Gasteiger partial charge < -0.3 is 10.2 Å². The Bertz CT molecular complexity index is 1960. The van der Waals surface area contributed by atoms with Crippen LogP contribution < -0.4 is 10.2 Å². The number of pyridine rings is 1. The molecule has 0 unspecified atom stereocenters. The maximum atomic E-state index is 14.5. The zero-order valence-corrected chi connectivity index (χ0v) is 27.6. The third-order valence-electron chi connectivity index (χ3n) is 9.83. The van der Waals surface area contributed by atoms with E-state index < -0.39 is 11.7 Å². The Kier molecular flexibility index (Phi) is 8.81. The molecule has 0 saturated heterocycles. The number of anilines is 2. The quantitative estimate of drug-likeness (QED) is 0.167. The molecule has 1 aliphatic carbocycles. The summed E-state index contributed by atoms with van der Waals surface area (Å²) in [5, 5.41) is 4.14. The number of alkyl halides is 3. The van der Waals surface area contributed by atoms with Crippen molar-refractivity contribution in [3.05, 3.63) is 113 Å². The lowest BCUT2D eigenvalue weighted by atomic mass is 9.80. The second kappa shape index (κ2) is 13.2. The van der Waals surface area contributed by atoms with Gasteiger partial charge in [-0.15, -0.1) is 0 Å². The summed E-state index contributed by atoms with van der Waals surface area (Å²) in [4.78, 5) is 23.7. The standard InChI is InChI=1S/C39H37F3N4OS/c1-24-10-12-26(13-11-24)20-27-14-15-30(33(21-27)39(40,41)42)31-16-17-37(44-35(31)23-47)46-19-18-28-6-5-7-29(32(28)22-46)25(2)43-38-45-34-8-3-4-9-36(34)48-38/h3-9,14-17,21,23-24,26H,2,10-13,18-20,22H2,1H3,(H,43,45). The molecule has 246 valence electrons. The number of halogens is 3. The van der Waals surface area contributed by atoms with E-state index in [9.17, 15) is 18.0 Å². The summed E-state index contributed by atoms with van der Waals surface area (Å²) < 4.78 is 44.4. The van der Waals surface area contributed by atoms with Gasteiger partial charge in [0.05, 0.1) is 15.8 Å².